The number of rotatable bonds is 9. The Kier molecular flexibility index (Phi) is 11.4. The fraction of sp³-hybridized carbons (Fsp3) is 0.432. The summed E-state index contributed by atoms with van der Waals surface area (Å²) in [6, 6.07) is 13.1. The van der Waals surface area contributed by atoms with Gasteiger partial charge in [0.25, 0.3) is 0 Å². The van der Waals surface area contributed by atoms with E-state index in [1.807, 2.05) is 97.3 Å². The number of aliphatic hydroxyl groups excluding tert-OH is 1. The van der Waals surface area contributed by atoms with Crippen molar-refractivity contribution < 1.29 is 37.2 Å². The van der Waals surface area contributed by atoms with Crippen LogP contribution in [0.4, 0.5) is 0 Å². The molecule has 4 aromatic heterocycles. The molecule has 0 aliphatic heterocycles. The van der Waals surface area contributed by atoms with Crippen molar-refractivity contribution in [2.75, 3.05) is 0 Å². The van der Waals surface area contributed by atoms with Crippen molar-refractivity contribution in [1.29, 1.82) is 0 Å². The molecule has 4 heterocycles. The third kappa shape index (κ3) is 8.24. The molecule has 1 radical (unpaired) electrons. The summed E-state index contributed by atoms with van der Waals surface area (Å²) in [5.41, 5.74) is 3.86. The molecule has 1 aromatic carbocycles. The molecule has 0 amide bonds. The monoisotopic (exact) mass is 792 g/mol. The molecule has 5 rings (SSSR count). The molecular weight excluding hydrogens is 745 g/mol. The number of pyridine rings is 2. The molecule has 44 heavy (non-hydrogen) atoms. The van der Waals surface area contributed by atoms with Crippen molar-refractivity contribution in [1.82, 2.24) is 9.97 Å². The fourth-order valence-corrected chi connectivity index (χ4v) is 6.10. The molecular formula is C37H45IrN2O3S-. The Morgan fingerprint density at radius 2 is 1.75 bits per heavy atom. The molecule has 0 aliphatic carbocycles. The van der Waals surface area contributed by atoms with Crippen molar-refractivity contribution >= 4 is 49.3 Å². The zero-order valence-electron chi connectivity index (χ0n) is 29.0. The van der Waals surface area contributed by atoms with E-state index in [0.29, 0.717) is 22.6 Å². The van der Waals surface area contributed by atoms with E-state index >= 15 is 0 Å². The van der Waals surface area contributed by atoms with Crippen LogP contribution in [-0.2, 0) is 31.3 Å². The second-order valence-electron chi connectivity index (χ2n) is 12.1. The number of allylic oxidation sites excluding steroid dienone is 2. The molecule has 0 saturated carbocycles. The summed E-state index contributed by atoms with van der Waals surface area (Å²) in [5, 5.41) is 14.5. The molecule has 0 spiro atoms. The summed E-state index contributed by atoms with van der Waals surface area (Å²) in [6.45, 7) is 15.8. The molecule has 5 nitrogen and oxygen atoms in total. The second kappa shape index (κ2) is 15.4. The molecule has 0 bridgehead atoms. The van der Waals surface area contributed by atoms with Crippen LogP contribution in [0.15, 0.2) is 58.2 Å². The zero-order chi connectivity index (χ0) is 33.1. The summed E-state index contributed by atoms with van der Waals surface area (Å²) in [5.74, 6) is 0.547. The number of aliphatic hydroxyl groups is 1. The molecule has 0 fully saturated rings. The van der Waals surface area contributed by atoms with Gasteiger partial charge in [0.1, 0.15) is 0 Å². The number of hydrogen-bond acceptors (Lipinski definition) is 6. The van der Waals surface area contributed by atoms with Crippen LogP contribution in [0.25, 0.3) is 43.4 Å². The number of fused-ring (bicyclic) bond motifs is 4. The number of aryl methyl sites for hydroxylation is 1. The van der Waals surface area contributed by atoms with Crippen LogP contribution < -0.4 is 0 Å². The van der Waals surface area contributed by atoms with Crippen molar-refractivity contribution in [2.45, 2.75) is 87.4 Å². The maximum absolute atomic E-state index is 11.7. The van der Waals surface area contributed by atoms with Gasteiger partial charge in [-0.25, -0.2) is 4.98 Å². The predicted octanol–water partition coefficient (Wildman–Crippen LogP) is 10.8. The summed E-state index contributed by atoms with van der Waals surface area (Å²) in [6.07, 6.45) is 5.25. The van der Waals surface area contributed by atoms with Crippen molar-refractivity contribution in [2.24, 2.45) is 17.3 Å². The van der Waals surface area contributed by atoms with Gasteiger partial charge in [0.05, 0.1) is 16.0 Å². The van der Waals surface area contributed by atoms with Gasteiger partial charge in [0.2, 0.25) is 5.71 Å². The van der Waals surface area contributed by atoms with Gasteiger partial charge in [-0.1, -0.05) is 65.5 Å². The summed E-state index contributed by atoms with van der Waals surface area (Å²) < 4.78 is 24.5. The van der Waals surface area contributed by atoms with Gasteiger partial charge in [-0.15, -0.1) is 29.5 Å². The molecule has 5 aromatic rings. The van der Waals surface area contributed by atoms with E-state index in [1.54, 1.807) is 0 Å². The average molecular weight is 792 g/mol. The topological polar surface area (TPSA) is 76.2 Å². The smallest absolute Gasteiger partial charge is 0.216 e. The molecule has 0 atom stereocenters. The Morgan fingerprint density at radius 1 is 1.07 bits per heavy atom. The second-order valence-corrected chi connectivity index (χ2v) is 13.0. The van der Waals surface area contributed by atoms with E-state index in [-0.39, 0.29) is 43.5 Å². The first-order valence-electron chi connectivity index (χ1n) is 16.3. The number of furan rings is 1. The Morgan fingerprint density at radius 3 is 2.39 bits per heavy atom. The first-order chi connectivity index (χ1) is 21.3. The summed E-state index contributed by atoms with van der Waals surface area (Å²) >= 11 is 1.52. The number of benzene rings is 1. The molecule has 1 N–H and O–H groups in total. The van der Waals surface area contributed by atoms with Crippen LogP contribution >= 0.6 is 11.3 Å². The molecule has 0 saturated heterocycles. The number of aromatic nitrogens is 2. The van der Waals surface area contributed by atoms with Crippen LogP contribution in [0.5, 0.6) is 0 Å². The Hall–Kier alpha value is -2.86. The van der Waals surface area contributed by atoms with Crippen LogP contribution in [0, 0.1) is 30.2 Å². The number of carbonyl (C=O) groups is 1. The van der Waals surface area contributed by atoms with Gasteiger partial charge in [-0.05, 0) is 78.6 Å². The number of ketones is 1. The first-order valence-corrected chi connectivity index (χ1v) is 16.2. The van der Waals surface area contributed by atoms with Gasteiger partial charge in [-0.2, -0.15) is 0 Å². The van der Waals surface area contributed by atoms with Gasteiger partial charge in [-0.3, -0.25) is 4.79 Å². The van der Waals surface area contributed by atoms with E-state index in [2.05, 4.69) is 16.0 Å². The summed E-state index contributed by atoms with van der Waals surface area (Å²) in [4.78, 5) is 20.9. The van der Waals surface area contributed by atoms with Gasteiger partial charge >= 0.3 is 0 Å². The largest absolute Gasteiger partial charge is 0.512 e. The van der Waals surface area contributed by atoms with E-state index in [0.717, 1.165) is 57.8 Å². The van der Waals surface area contributed by atoms with Crippen molar-refractivity contribution in [3.8, 4) is 11.3 Å². The fourth-order valence-electron chi connectivity index (χ4n) is 5.26. The van der Waals surface area contributed by atoms with Crippen LogP contribution in [0.2, 0.25) is 0 Å². The van der Waals surface area contributed by atoms with E-state index < -0.39 is 11.8 Å². The minimum atomic E-state index is -1.47. The first kappa shape index (κ1) is 32.5. The molecule has 0 unspecified atom stereocenters. The Labute approximate surface area is 282 Å². The molecule has 0 aliphatic rings. The predicted molar refractivity (Wildman–Crippen MR) is 181 cm³/mol. The number of thiophene rings is 1. The van der Waals surface area contributed by atoms with Gasteiger partial charge in [0.15, 0.2) is 5.78 Å². The minimum absolute atomic E-state index is 0. The Balaban J connectivity index is 0.000000309. The minimum Gasteiger partial charge on any atom is -0.512 e. The number of carbonyl (C=O) groups excluding carboxylic acids is 1. The van der Waals surface area contributed by atoms with E-state index in [9.17, 15) is 9.90 Å². The number of nitrogens with zero attached hydrogens (tertiary/aromatic N) is 2. The number of hydrogen-bond donors (Lipinski definition) is 1. The molecule has 7 heteroatoms. The maximum Gasteiger partial charge on any atom is 0.216 e. The van der Waals surface area contributed by atoms with Gasteiger partial charge < -0.3 is 14.5 Å². The quantitative estimate of drug-likeness (QED) is 0.0914. The zero-order valence-corrected chi connectivity index (χ0v) is 30.2. The van der Waals surface area contributed by atoms with Crippen LogP contribution in [0.1, 0.15) is 88.1 Å². The third-order valence-electron chi connectivity index (χ3n) is 7.75. The molecule has 237 valence electrons. The average Bonchev–Trinajstić information content (AvgIpc) is 3.59. The third-order valence-corrected chi connectivity index (χ3v) is 8.68. The van der Waals surface area contributed by atoms with Crippen LogP contribution in [-0.4, -0.2) is 20.9 Å². The summed E-state index contributed by atoms with van der Waals surface area (Å²) in [7, 11) is 0. The van der Waals surface area contributed by atoms with Crippen molar-refractivity contribution in [3.05, 3.63) is 71.1 Å². The Bertz CT molecular complexity index is 1830. The van der Waals surface area contributed by atoms with E-state index in [1.165, 1.54) is 17.4 Å². The SMILES string of the molecule is CCC(CC)C(=O)/C=C(\O)C(CC)CC.[2H]C([2H])(c1csc2cnc(-c3[c-]ccc4c3oc3nc(C)ccc34)cc12)C(C)(C)C.[Ir]. The van der Waals surface area contributed by atoms with E-state index in [4.69, 9.17) is 7.16 Å². The standard InChI is InChI=1S/C24H21N2OS.C13H24O2.Ir/c1-14-8-9-17-16-6-5-7-18(22(16)27-23(17)26-14)20-10-19-15(11-24(2,3)4)13-28-21(19)12-25-20;1-5-10(6-2)12(14)9-13(15)11(7-3)8-4;/h5-6,8-10,12-13H,11H2,1-4H3;9-11,14H,5-8H2,1-4H3;/q-1;;/b;12-9-;/i11D2;;. The van der Waals surface area contributed by atoms with Crippen LogP contribution in [0.3, 0.4) is 0 Å². The van der Waals surface area contributed by atoms with Crippen molar-refractivity contribution in [3.63, 3.8) is 0 Å². The maximum atomic E-state index is 11.7. The van der Waals surface area contributed by atoms with Gasteiger partial charge in [0, 0.05) is 58.0 Å². The normalized spacial score (nSPS) is 13.2.